The smallest absolute Gasteiger partial charge is 0.247 e. The van der Waals surface area contributed by atoms with Crippen LogP contribution >= 0.6 is 11.6 Å². The largest absolute Gasteiger partial charge is 0.435 e. The van der Waals surface area contributed by atoms with E-state index in [-0.39, 0.29) is 28.2 Å². The van der Waals surface area contributed by atoms with E-state index in [1.54, 1.807) is 6.07 Å². The first-order valence-corrected chi connectivity index (χ1v) is 5.14. The predicted molar refractivity (Wildman–Crippen MR) is 62.6 cm³/mol. The molecular weight excluding hydrogens is 259 g/mol. The van der Waals surface area contributed by atoms with Gasteiger partial charge in [-0.25, -0.2) is 9.37 Å². The minimum Gasteiger partial charge on any atom is -0.435 e. The minimum absolute atomic E-state index is 0.0129. The van der Waals surface area contributed by atoms with Gasteiger partial charge in [0.1, 0.15) is 28.9 Å². The van der Waals surface area contributed by atoms with Crippen molar-refractivity contribution in [2.24, 2.45) is 0 Å². The number of anilines is 1. The molecule has 5 nitrogen and oxygen atoms in total. The fourth-order valence-electron chi connectivity index (χ4n) is 1.24. The van der Waals surface area contributed by atoms with E-state index in [9.17, 15) is 4.39 Å². The summed E-state index contributed by atoms with van der Waals surface area (Å²) < 4.78 is 18.6. The van der Waals surface area contributed by atoms with Crippen molar-refractivity contribution in [3.05, 3.63) is 41.1 Å². The molecule has 1 heterocycles. The first kappa shape index (κ1) is 12.1. The third kappa shape index (κ3) is 2.31. The van der Waals surface area contributed by atoms with Crippen molar-refractivity contribution in [1.82, 2.24) is 9.97 Å². The highest BCUT2D eigenvalue weighted by Crippen LogP contribution is 2.29. The normalized spacial score (nSPS) is 9.83. The molecule has 1 aromatic carbocycles. The highest BCUT2D eigenvalue weighted by molar-refractivity contribution is 6.28. The first-order chi connectivity index (χ1) is 8.61. The molecule has 0 atom stereocenters. The van der Waals surface area contributed by atoms with Gasteiger partial charge >= 0.3 is 0 Å². The summed E-state index contributed by atoms with van der Waals surface area (Å²) in [5.74, 6) is -0.704. The van der Waals surface area contributed by atoms with E-state index in [1.807, 2.05) is 0 Å². The summed E-state index contributed by atoms with van der Waals surface area (Å²) in [7, 11) is 0. The van der Waals surface area contributed by atoms with E-state index in [2.05, 4.69) is 9.97 Å². The molecular formula is C11H6ClFN4O. The molecule has 0 radical (unpaired) electrons. The van der Waals surface area contributed by atoms with Crippen LogP contribution < -0.4 is 10.5 Å². The molecule has 0 aliphatic carbocycles. The Hall–Kier alpha value is -2.39. The molecule has 0 saturated carbocycles. The van der Waals surface area contributed by atoms with Gasteiger partial charge in [-0.1, -0.05) is 6.07 Å². The molecule has 7 heteroatoms. The summed E-state index contributed by atoms with van der Waals surface area (Å²) in [4.78, 5) is 7.40. The second-order valence-electron chi connectivity index (χ2n) is 3.23. The van der Waals surface area contributed by atoms with E-state index in [0.29, 0.717) is 0 Å². The highest BCUT2D eigenvalue weighted by Gasteiger charge is 2.12. The third-order valence-corrected chi connectivity index (χ3v) is 2.23. The highest BCUT2D eigenvalue weighted by atomic mass is 35.5. The Balaban J connectivity index is 2.44. The van der Waals surface area contributed by atoms with Crippen LogP contribution in [0.1, 0.15) is 5.56 Å². The molecule has 2 aromatic rings. The van der Waals surface area contributed by atoms with Crippen molar-refractivity contribution < 1.29 is 9.13 Å². The maximum absolute atomic E-state index is 13.3. The first-order valence-electron chi connectivity index (χ1n) is 4.76. The molecule has 0 unspecified atom stereocenters. The molecule has 0 aliphatic rings. The second kappa shape index (κ2) is 4.85. The number of rotatable bonds is 2. The summed E-state index contributed by atoms with van der Waals surface area (Å²) in [6, 6.07) is 5.69. The second-order valence-corrected chi connectivity index (χ2v) is 3.56. The summed E-state index contributed by atoms with van der Waals surface area (Å²) >= 11 is 5.59. The average Bonchev–Trinajstić information content (AvgIpc) is 2.34. The number of aromatic nitrogens is 2. The minimum atomic E-state index is -0.686. The number of hydrogen-bond acceptors (Lipinski definition) is 5. The standard InChI is InChI=1S/C11H6ClFN4O/c12-11-16-5-8(15)10(17-11)18-9-3-1-2-7(13)6(9)4-14/h1-3,5H,15H2. The lowest BCUT2D eigenvalue weighted by Gasteiger charge is -2.08. The van der Waals surface area contributed by atoms with E-state index in [1.165, 1.54) is 18.3 Å². The number of nitrogens with two attached hydrogens (primary N) is 1. The molecule has 1 aromatic heterocycles. The van der Waals surface area contributed by atoms with Gasteiger partial charge in [-0.2, -0.15) is 10.2 Å². The van der Waals surface area contributed by atoms with Crippen molar-refractivity contribution in [3.63, 3.8) is 0 Å². The third-order valence-electron chi connectivity index (χ3n) is 2.04. The fourth-order valence-corrected chi connectivity index (χ4v) is 1.36. The zero-order valence-corrected chi connectivity index (χ0v) is 9.65. The van der Waals surface area contributed by atoms with E-state index < -0.39 is 5.82 Å². The van der Waals surface area contributed by atoms with E-state index in [4.69, 9.17) is 27.3 Å². The van der Waals surface area contributed by atoms with Gasteiger partial charge in [0, 0.05) is 0 Å². The Morgan fingerprint density at radius 1 is 1.44 bits per heavy atom. The van der Waals surface area contributed by atoms with Gasteiger partial charge in [-0.3, -0.25) is 0 Å². The molecule has 90 valence electrons. The number of halogens is 2. The zero-order valence-electron chi connectivity index (χ0n) is 8.89. The molecule has 0 fully saturated rings. The molecule has 0 bridgehead atoms. The van der Waals surface area contributed by atoms with Crippen molar-refractivity contribution in [1.29, 1.82) is 5.26 Å². The van der Waals surface area contributed by atoms with Crippen LogP contribution in [0.15, 0.2) is 24.4 Å². The Kier molecular flexibility index (Phi) is 3.26. The Labute approximate surface area is 107 Å². The fraction of sp³-hybridized carbons (Fsp3) is 0. The van der Waals surface area contributed by atoms with Gasteiger partial charge in [0.15, 0.2) is 0 Å². The summed E-state index contributed by atoms with van der Waals surface area (Å²) in [6.07, 6.45) is 1.26. The van der Waals surface area contributed by atoms with Gasteiger partial charge < -0.3 is 10.5 Å². The van der Waals surface area contributed by atoms with Gasteiger partial charge in [-0.05, 0) is 23.7 Å². The van der Waals surface area contributed by atoms with Crippen LogP contribution in [0, 0.1) is 17.1 Å². The number of nitriles is 1. The number of hydrogen-bond donors (Lipinski definition) is 1. The number of benzene rings is 1. The lowest BCUT2D eigenvalue weighted by atomic mass is 10.2. The van der Waals surface area contributed by atoms with Gasteiger partial charge in [0.2, 0.25) is 11.2 Å². The van der Waals surface area contributed by atoms with Crippen LogP contribution in [0.25, 0.3) is 0 Å². The van der Waals surface area contributed by atoms with Crippen LogP contribution in [0.5, 0.6) is 11.6 Å². The maximum atomic E-state index is 13.3. The maximum Gasteiger partial charge on any atom is 0.247 e. The Bertz CT molecular complexity index is 641. The molecule has 2 rings (SSSR count). The van der Waals surface area contributed by atoms with Crippen molar-refractivity contribution in [2.75, 3.05) is 5.73 Å². The predicted octanol–water partition coefficient (Wildman–Crippen LogP) is 2.52. The van der Waals surface area contributed by atoms with Crippen LogP contribution in [0.2, 0.25) is 5.28 Å². The van der Waals surface area contributed by atoms with Crippen molar-refractivity contribution in [3.8, 4) is 17.7 Å². The monoisotopic (exact) mass is 264 g/mol. The van der Waals surface area contributed by atoms with E-state index >= 15 is 0 Å². The molecule has 0 saturated heterocycles. The summed E-state index contributed by atoms with van der Waals surface area (Å²) in [5.41, 5.74) is 5.48. The Morgan fingerprint density at radius 3 is 2.94 bits per heavy atom. The SMILES string of the molecule is N#Cc1c(F)cccc1Oc1nc(Cl)ncc1N. The lowest BCUT2D eigenvalue weighted by Crippen LogP contribution is -1.99. The van der Waals surface area contributed by atoms with E-state index in [0.717, 1.165) is 6.07 Å². The van der Waals surface area contributed by atoms with Crippen LogP contribution in [0.4, 0.5) is 10.1 Å². The van der Waals surface area contributed by atoms with Gasteiger partial charge in [0.05, 0.1) is 6.20 Å². The number of ether oxygens (including phenoxy) is 1. The lowest BCUT2D eigenvalue weighted by molar-refractivity contribution is 0.457. The zero-order chi connectivity index (χ0) is 13.1. The molecule has 0 amide bonds. The average molecular weight is 265 g/mol. The van der Waals surface area contributed by atoms with Gasteiger partial charge in [-0.15, -0.1) is 0 Å². The molecule has 0 aliphatic heterocycles. The van der Waals surface area contributed by atoms with Crippen LogP contribution in [-0.2, 0) is 0 Å². The Morgan fingerprint density at radius 2 is 2.22 bits per heavy atom. The van der Waals surface area contributed by atoms with Crippen molar-refractivity contribution in [2.45, 2.75) is 0 Å². The summed E-state index contributed by atoms with van der Waals surface area (Å²) in [5, 5.41) is 8.78. The van der Waals surface area contributed by atoms with Crippen LogP contribution in [0.3, 0.4) is 0 Å². The number of nitrogens with zero attached hydrogens (tertiary/aromatic N) is 3. The van der Waals surface area contributed by atoms with Crippen molar-refractivity contribution >= 4 is 17.3 Å². The van der Waals surface area contributed by atoms with Crippen LogP contribution in [-0.4, -0.2) is 9.97 Å². The molecule has 2 N–H and O–H groups in total. The number of nitrogen functional groups attached to an aromatic ring is 1. The molecule has 0 spiro atoms. The quantitative estimate of drug-likeness (QED) is 0.843. The molecule has 18 heavy (non-hydrogen) atoms. The van der Waals surface area contributed by atoms with Gasteiger partial charge in [0.25, 0.3) is 0 Å². The summed E-state index contributed by atoms with van der Waals surface area (Å²) in [6.45, 7) is 0. The topological polar surface area (TPSA) is 84.8 Å².